The number of benzene rings is 1. The summed E-state index contributed by atoms with van der Waals surface area (Å²) in [6, 6.07) is 11.1. The van der Waals surface area contributed by atoms with Crippen molar-refractivity contribution in [3.63, 3.8) is 0 Å². The van der Waals surface area contributed by atoms with Gasteiger partial charge in [0.2, 0.25) is 0 Å². The van der Waals surface area contributed by atoms with Crippen LogP contribution in [0.2, 0.25) is 0 Å². The van der Waals surface area contributed by atoms with Crippen molar-refractivity contribution in [2.45, 2.75) is 43.9 Å². The minimum Gasteiger partial charge on any atom is -0.304 e. The third-order valence-electron chi connectivity index (χ3n) is 8.00. The highest BCUT2D eigenvalue weighted by Gasteiger charge is 2.60. The van der Waals surface area contributed by atoms with Crippen molar-refractivity contribution < 1.29 is 4.79 Å². The van der Waals surface area contributed by atoms with Crippen LogP contribution in [0.25, 0.3) is 0 Å². The van der Waals surface area contributed by atoms with Crippen LogP contribution < -0.4 is 0 Å². The number of carbonyl (C=O) groups is 1. The summed E-state index contributed by atoms with van der Waals surface area (Å²) in [6.07, 6.45) is 7.46. The Morgan fingerprint density at radius 2 is 1.63 bits per heavy atom. The van der Waals surface area contributed by atoms with Crippen LogP contribution in [-0.4, -0.2) is 55.4 Å². The summed E-state index contributed by atoms with van der Waals surface area (Å²) in [5, 5.41) is 0. The monoisotopic (exact) mass is 388 g/mol. The van der Waals surface area contributed by atoms with Gasteiger partial charge in [-0.1, -0.05) is 30.3 Å². The summed E-state index contributed by atoms with van der Waals surface area (Å²) < 4.78 is 0. The number of likely N-dealkylation sites (N-methyl/N-ethyl adjacent to an activating group) is 1. The third kappa shape index (κ3) is 3.36. The van der Waals surface area contributed by atoms with Crippen LogP contribution in [0.3, 0.4) is 0 Å². The minimum atomic E-state index is -0.0245. The zero-order valence-electron chi connectivity index (χ0n) is 16.5. The summed E-state index contributed by atoms with van der Waals surface area (Å²) in [5.41, 5.74) is 1.76. The molecule has 0 amide bonds. The van der Waals surface area contributed by atoms with Crippen molar-refractivity contribution in [1.82, 2.24) is 9.80 Å². The molecule has 0 aromatic heterocycles. The van der Waals surface area contributed by atoms with Crippen molar-refractivity contribution in [1.29, 1.82) is 0 Å². The molecule has 4 aliphatic carbocycles. The van der Waals surface area contributed by atoms with Crippen LogP contribution in [-0.2, 0) is 10.2 Å². The van der Waals surface area contributed by atoms with E-state index in [0.717, 1.165) is 44.4 Å². The van der Waals surface area contributed by atoms with Gasteiger partial charge >= 0.3 is 0 Å². The number of nitrogens with zero attached hydrogens (tertiary/aromatic N) is 2. The average molecular weight is 389 g/mol. The smallest absolute Gasteiger partial charge is 0.153 e. The summed E-state index contributed by atoms with van der Waals surface area (Å²) in [5.74, 6) is 2.11. The van der Waals surface area contributed by atoms with Crippen LogP contribution >= 0.6 is 12.4 Å². The molecule has 6 rings (SSSR count). The molecule has 4 saturated carbocycles. The van der Waals surface area contributed by atoms with E-state index in [2.05, 4.69) is 47.2 Å². The Bertz CT molecular complexity index is 669. The predicted molar refractivity (Wildman–Crippen MR) is 111 cm³/mol. The highest BCUT2D eigenvalue weighted by atomic mass is 35.5. The molecule has 2 unspecified atom stereocenters. The van der Waals surface area contributed by atoms with E-state index in [0.29, 0.717) is 12.3 Å². The fourth-order valence-electron chi connectivity index (χ4n) is 7.10. The van der Waals surface area contributed by atoms with Gasteiger partial charge in [-0.2, -0.15) is 0 Å². The largest absolute Gasteiger partial charge is 0.304 e. The molecule has 27 heavy (non-hydrogen) atoms. The molecule has 1 aromatic rings. The van der Waals surface area contributed by atoms with Crippen LogP contribution in [0, 0.1) is 17.3 Å². The van der Waals surface area contributed by atoms with E-state index in [9.17, 15) is 4.79 Å². The second-order valence-corrected chi connectivity index (χ2v) is 9.89. The summed E-state index contributed by atoms with van der Waals surface area (Å²) in [7, 11) is 2.18. The maximum absolute atomic E-state index is 13.6. The summed E-state index contributed by atoms with van der Waals surface area (Å²) in [4.78, 5) is 18.3. The van der Waals surface area contributed by atoms with Gasteiger partial charge in [-0.25, -0.2) is 0 Å². The Morgan fingerprint density at radius 3 is 2.26 bits per heavy atom. The summed E-state index contributed by atoms with van der Waals surface area (Å²) >= 11 is 0. The number of halogens is 1. The quantitative estimate of drug-likeness (QED) is 0.784. The van der Waals surface area contributed by atoms with E-state index < -0.39 is 0 Å². The van der Waals surface area contributed by atoms with Gasteiger partial charge in [-0.15, -0.1) is 12.4 Å². The van der Waals surface area contributed by atoms with Gasteiger partial charge in [-0.3, -0.25) is 9.69 Å². The fourth-order valence-corrected chi connectivity index (χ4v) is 7.10. The zero-order chi connectivity index (χ0) is 17.8. The Labute approximate surface area is 169 Å². The van der Waals surface area contributed by atoms with E-state index >= 15 is 0 Å². The third-order valence-corrected chi connectivity index (χ3v) is 8.00. The molecule has 5 aliphatic rings. The highest BCUT2D eigenvalue weighted by molar-refractivity contribution is 5.87. The molecule has 3 nitrogen and oxygen atoms in total. The van der Waals surface area contributed by atoms with Crippen LogP contribution in [0.1, 0.15) is 44.1 Å². The molecule has 5 fully saturated rings. The number of ketones is 1. The second kappa shape index (κ2) is 7.17. The molecule has 1 aliphatic heterocycles. The van der Waals surface area contributed by atoms with Crippen molar-refractivity contribution in [3.8, 4) is 0 Å². The number of piperazine rings is 1. The predicted octanol–water partition coefficient (Wildman–Crippen LogP) is 3.76. The van der Waals surface area contributed by atoms with Crippen LogP contribution in [0.5, 0.6) is 0 Å². The first-order valence-corrected chi connectivity index (χ1v) is 10.6. The first-order valence-electron chi connectivity index (χ1n) is 10.6. The van der Waals surface area contributed by atoms with E-state index in [1.54, 1.807) is 0 Å². The lowest BCUT2D eigenvalue weighted by atomic mass is 9.42. The standard InChI is InChI=1S/C23H32N2O.ClH/c1-24-7-9-25(10-8-24)16-21(26)23-14-18-11-19(15-23)13-22(12-18,17-23)20-5-3-2-4-6-20;/h2-6,18-19H,7-17H2,1H3;1H. The maximum atomic E-state index is 13.6. The molecule has 0 radical (unpaired) electrons. The SMILES string of the molecule is CN1CCN(CC(=O)C23CC4CC(C2)CC(c2ccccc2)(C4)C3)CC1.Cl. The number of carbonyl (C=O) groups excluding carboxylic acids is 1. The number of hydrogen-bond acceptors (Lipinski definition) is 3. The van der Waals surface area contributed by atoms with E-state index in [1.807, 2.05) is 0 Å². The van der Waals surface area contributed by atoms with Crippen molar-refractivity contribution in [2.24, 2.45) is 17.3 Å². The zero-order valence-corrected chi connectivity index (χ0v) is 17.3. The molecular weight excluding hydrogens is 356 g/mol. The van der Waals surface area contributed by atoms with Gasteiger partial charge in [0.1, 0.15) is 0 Å². The lowest BCUT2D eigenvalue weighted by Gasteiger charge is -2.62. The normalized spacial score (nSPS) is 38.6. The molecule has 1 saturated heterocycles. The Hall–Kier alpha value is -0.900. The van der Waals surface area contributed by atoms with Gasteiger partial charge in [0.15, 0.2) is 5.78 Å². The summed E-state index contributed by atoms with van der Waals surface area (Å²) in [6.45, 7) is 4.99. The molecule has 0 N–H and O–H groups in total. The molecule has 4 bridgehead atoms. The maximum Gasteiger partial charge on any atom is 0.153 e. The van der Waals surface area contributed by atoms with Crippen molar-refractivity contribution in [3.05, 3.63) is 35.9 Å². The van der Waals surface area contributed by atoms with Gasteiger partial charge < -0.3 is 4.90 Å². The Morgan fingerprint density at radius 1 is 1.00 bits per heavy atom. The number of hydrogen-bond donors (Lipinski definition) is 0. The van der Waals surface area contributed by atoms with Crippen LogP contribution in [0.4, 0.5) is 0 Å². The van der Waals surface area contributed by atoms with E-state index in [-0.39, 0.29) is 23.2 Å². The van der Waals surface area contributed by atoms with E-state index in [4.69, 9.17) is 0 Å². The first kappa shape index (κ1) is 19.4. The molecule has 2 atom stereocenters. The molecule has 1 aromatic carbocycles. The van der Waals surface area contributed by atoms with E-state index in [1.165, 1.54) is 37.7 Å². The topological polar surface area (TPSA) is 23.6 Å². The second-order valence-electron chi connectivity index (χ2n) is 9.89. The number of Topliss-reactive ketones (excluding diaryl/α,β-unsaturated/α-hetero) is 1. The molecule has 4 heteroatoms. The van der Waals surface area contributed by atoms with Crippen molar-refractivity contribution in [2.75, 3.05) is 39.8 Å². The van der Waals surface area contributed by atoms with Gasteiger partial charge in [0, 0.05) is 31.6 Å². The van der Waals surface area contributed by atoms with Gasteiger partial charge in [-0.05, 0) is 68.4 Å². The Balaban J connectivity index is 0.00000180. The highest BCUT2D eigenvalue weighted by Crippen LogP contribution is 2.66. The van der Waals surface area contributed by atoms with Gasteiger partial charge in [0.25, 0.3) is 0 Å². The van der Waals surface area contributed by atoms with Crippen LogP contribution in [0.15, 0.2) is 30.3 Å². The molecular formula is C23H33ClN2O. The fraction of sp³-hybridized carbons (Fsp3) is 0.696. The Kier molecular flexibility index (Phi) is 5.15. The number of rotatable bonds is 4. The first-order chi connectivity index (χ1) is 12.6. The lowest BCUT2D eigenvalue weighted by Crippen LogP contribution is -2.58. The minimum absolute atomic E-state index is 0. The van der Waals surface area contributed by atoms with Gasteiger partial charge in [0.05, 0.1) is 6.54 Å². The lowest BCUT2D eigenvalue weighted by molar-refractivity contribution is -0.148. The average Bonchev–Trinajstić information content (AvgIpc) is 2.63. The molecule has 148 valence electrons. The van der Waals surface area contributed by atoms with Crippen molar-refractivity contribution >= 4 is 18.2 Å². The molecule has 1 heterocycles. The molecule has 0 spiro atoms.